The zero-order valence-corrected chi connectivity index (χ0v) is 13.3. The third-order valence-corrected chi connectivity index (χ3v) is 4.14. The Morgan fingerprint density at radius 3 is 2.88 bits per heavy atom. The Kier molecular flexibility index (Phi) is 3.26. The highest BCUT2D eigenvalue weighted by molar-refractivity contribution is 6.06. The number of carbonyl (C=O) groups excluding carboxylic acids is 1. The highest BCUT2D eigenvalue weighted by Crippen LogP contribution is 2.39. The van der Waals surface area contributed by atoms with Gasteiger partial charge in [-0.1, -0.05) is 6.92 Å². The highest BCUT2D eigenvalue weighted by atomic mass is 16.2. The molecule has 0 spiro atoms. The van der Waals surface area contributed by atoms with Crippen LogP contribution in [-0.4, -0.2) is 48.7 Å². The summed E-state index contributed by atoms with van der Waals surface area (Å²) in [7, 11) is 1.75. The van der Waals surface area contributed by atoms with Crippen LogP contribution in [-0.2, 0) is 4.79 Å². The molecule has 0 radical (unpaired) electrons. The van der Waals surface area contributed by atoms with E-state index in [1.807, 2.05) is 11.8 Å². The predicted octanol–water partition coefficient (Wildman–Crippen LogP) is 1.28. The predicted molar refractivity (Wildman–Crippen MR) is 87.4 cm³/mol. The number of hydrogen-bond donors (Lipinski definition) is 1. The Balaban J connectivity index is 1.91. The molecule has 4 rings (SSSR count). The lowest BCUT2D eigenvalue weighted by Crippen LogP contribution is -2.50. The lowest BCUT2D eigenvalue weighted by molar-refractivity contribution is -0.119. The van der Waals surface area contributed by atoms with E-state index in [4.69, 9.17) is 0 Å². The molecule has 3 aromatic heterocycles. The van der Waals surface area contributed by atoms with E-state index in [0.29, 0.717) is 23.9 Å². The van der Waals surface area contributed by atoms with Crippen molar-refractivity contribution in [1.82, 2.24) is 29.7 Å². The van der Waals surface area contributed by atoms with Gasteiger partial charge < -0.3 is 9.80 Å². The Bertz CT molecular complexity index is 858. The molecule has 0 aromatic carbocycles. The molecule has 4 heterocycles. The standard InChI is InChI=1S/C15H16N8O/c1-3-11-14(24)21(2)12-8-17-15(22-5-4-16-9-22)20-13(12)23(11)10-6-18-19-7-10/h4-9,11H,3H2,1-2H3,(H,18,19). The molecule has 3 aromatic rings. The monoisotopic (exact) mass is 324 g/mol. The van der Waals surface area contributed by atoms with E-state index in [0.717, 1.165) is 5.69 Å². The number of H-pyrrole nitrogens is 1. The maximum Gasteiger partial charge on any atom is 0.250 e. The number of imidazole rings is 1. The van der Waals surface area contributed by atoms with Crippen molar-refractivity contribution in [2.24, 2.45) is 0 Å². The molecule has 1 N–H and O–H groups in total. The van der Waals surface area contributed by atoms with Crippen molar-refractivity contribution in [2.75, 3.05) is 16.8 Å². The van der Waals surface area contributed by atoms with Gasteiger partial charge in [0.15, 0.2) is 5.82 Å². The number of rotatable bonds is 3. The molecule has 9 nitrogen and oxygen atoms in total. The molecule has 0 aliphatic carbocycles. The molecular weight excluding hydrogens is 308 g/mol. The summed E-state index contributed by atoms with van der Waals surface area (Å²) in [5.74, 6) is 1.17. The van der Waals surface area contributed by atoms with Crippen LogP contribution in [0.2, 0.25) is 0 Å². The van der Waals surface area contributed by atoms with Crippen molar-refractivity contribution in [3.8, 4) is 5.95 Å². The van der Waals surface area contributed by atoms with Crippen LogP contribution >= 0.6 is 0 Å². The van der Waals surface area contributed by atoms with Crippen molar-refractivity contribution in [3.05, 3.63) is 37.3 Å². The van der Waals surface area contributed by atoms with Gasteiger partial charge in [-0.05, 0) is 6.42 Å². The number of hydrogen-bond acceptors (Lipinski definition) is 6. The molecule has 24 heavy (non-hydrogen) atoms. The normalized spacial score (nSPS) is 17.2. The van der Waals surface area contributed by atoms with E-state index in [-0.39, 0.29) is 11.9 Å². The average molecular weight is 324 g/mol. The summed E-state index contributed by atoms with van der Waals surface area (Å²) >= 11 is 0. The third kappa shape index (κ3) is 2.05. The van der Waals surface area contributed by atoms with Gasteiger partial charge in [0.2, 0.25) is 11.9 Å². The molecule has 1 atom stereocenters. The van der Waals surface area contributed by atoms with Gasteiger partial charge in [-0.15, -0.1) is 0 Å². The van der Waals surface area contributed by atoms with Gasteiger partial charge in [-0.3, -0.25) is 14.5 Å². The molecule has 122 valence electrons. The second-order valence-corrected chi connectivity index (χ2v) is 5.50. The van der Waals surface area contributed by atoms with Crippen LogP contribution < -0.4 is 9.80 Å². The number of fused-ring (bicyclic) bond motifs is 1. The molecule has 0 saturated carbocycles. The number of aromatic nitrogens is 6. The Hall–Kier alpha value is -3.23. The third-order valence-electron chi connectivity index (χ3n) is 4.14. The maximum absolute atomic E-state index is 12.7. The topological polar surface area (TPSA) is 95.8 Å². The summed E-state index contributed by atoms with van der Waals surface area (Å²) < 4.78 is 1.73. The van der Waals surface area contributed by atoms with Gasteiger partial charge in [0.1, 0.15) is 18.1 Å². The Morgan fingerprint density at radius 2 is 2.21 bits per heavy atom. The van der Waals surface area contributed by atoms with Gasteiger partial charge >= 0.3 is 0 Å². The van der Waals surface area contributed by atoms with Gasteiger partial charge in [0.05, 0.1) is 18.1 Å². The first-order valence-corrected chi connectivity index (χ1v) is 7.61. The molecule has 0 saturated heterocycles. The fourth-order valence-corrected chi connectivity index (χ4v) is 2.91. The molecule has 1 unspecified atom stereocenters. The second kappa shape index (κ2) is 5.44. The average Bonchev–Trinajstić information content (AvgIpc) is 3.30. The minimum absolute atomic E-state index is 0.00480. The number of aromatic amines is 1. The molecule has 0 fully saturated rings. The number of nitrogens with one attached hydrogen (secondary N) is 1. The van der Waals surface area contributed by atoms with Crippen LogP contribution in [0.4, 0.5) is 17.2 Å². The highest BCUT2D eigenvalue weighted by Gasteiger charge is 2.38. The van der Waals surface area contributed by atoms with Crippen molar-refractivity contribution in [2.45, 2.75) is 19.4 Å². The summed E-state index contributed by atoms with van der Waals surface area (Å²) in [5.41, 5.74) is 1.45. The molecule has 1 amide bonds. The SMILES string of the molecule is CCC1C(=O)N(C)c2cnc(-n3ccnc3)nc2N1c1cn[nH]c1. The van der Waals surface area contributed by atoms with Crippen molar-refractivity contribution in [3.63, 3.8) is 0 Å². The van der Waals surface area contributed by atoms with Crippen LogP contribution in [0, 0.1) is 0 Å². The van der Waals surface area contributed by atoms with Gasteiger partial charge in [-0.25, -0.2) is 9.97 Å². The second-order valence-electron chi connectivity index (χ2n) is 5.50. The summed E-state index contributed by atoms with van der Waals surface area (Å²) in [6, 6.07) is -0.342. The van der Waals surface area contributed by atoms with Gasteiger partial charge in [0, 0.05) is 25.6 Å². The molecule has 0 bridgehead atoms. The number of carbonyl (C=O) groups is 1. The van der Waals surface area contributed by atoms with E-state index >= 15 is 0 Å². The quantitative estimate of drug-likeness (QED) is 0.779. The van der Waals surface area contributed by atoms with E-state index in [9.17, 15) is 4.79 Å². The smallest absolute Gasteiger partial charge is 0.250 e. The number of nitrogens with zero attached hydrogens (tertiary/aromatic N) is 7. The first kappa shape index (κ1) is 14.4. The van der Waals surface area contributed by atoms with Crippen molar-refractivity contribution < 1.29 is 4.79 Å². The summed E-state index contributed by atoms with van der Waals surface area (Å²) in [6.07, 6.45) is 10.8. The summed E-state index contributed by atoms with van der Waals surface area (Å²) in [5, 5.41) is 6.80. The summed E-state index contributed by atoms with van der Waals surface area (Å²) in [4.78, 5) is 29.3. The van der Waals surface area contributed by atoms with Crippen molar-refractivity contribution in [1.29, 1.82) is 0 Å². The largest absolute Gasteiger partial charge is 0.309 e. The minimum Gasteiger partial charge on any atom is -0.309 e. The Labute approximate surface area is 138 Å². The zero-order chi connectivity index (χ0) is 16.7. The first-order chi connectivity index (χ1) is 11.7. The Morgan fingerprint density at radius 1 is 1.33 bits per heavy atom. The van der Waals surface area contributed by atoms with Crippen LogP contribution in [0.5, 0.6) is 0 Å². The van der Waals surface area contributed by atoms with Gasteiger partial charge in [0.25, 0.3) is 0 Å². The zero-order valence-electron chi connectivity index (χ0n) is 13.3. The summed E-state index contributed by atoms with van der Waals surface area (Å²) in [6.45, 7) is 1.98. The molecular formula is C15H16N8O. The van der Waals surface area contributed by atoms with Gasteiger partial charge in [-0.2, -0.15) is 10.1 Å². The molecule has 9 heteroatoms. The molecule has 1 aliphatic rings. The maximum atomic E-state index is 12.7. The number of anilines is 3. The van der Waals surface area contributed by atoms with Crippen LogP contribution in [0.25, 0.3) is 5.95 Å². The molecule has 1 aliphatic heterocycles. The lowest BCUT2D eigenvalue weighted by atomic mass is 10.1. The van der Waals surface area contributed by atoms with E-state index in [1.165, 1.54) is 0 Å². The fraction of sp³-hybridized carbons (Fsp3) is 0.267. The van der Waals surface area contributed by atoms with Crippen LogP contribution in [0.15, 0.2) is 37.3 Å². The van der Waals surface area contributed by atoms with E-state index in [1.54, 1.807) is 53.8 Å². The van der Waals surface area contributed by atoms with Crippen molar-refractivity contribution >= 4 is 23.1 Å². The van der Waals surface area contributed by atoms with E-state index < -0.39 is 0 Å². The number of likely N-dealkylation sites (N-methyl/N-ethyl adjacent to an activating group) is 1. The number of amides is 1. The van der Waals surface area contributed by atoms with E-state index in [2.05, 4.69) is 25.1 Å². The van der Waals surface area contributed by atoms with Crippen LogP contribution in [0.3, 0.4) is 0 Å². The first-order valence-electron chi connectivity index (χ1n) is 7.61. The fourth-order valence-electron chi connectivity index (χ4n) is 2.91. The minimum atomic E-state index is -0.342. The lowest BCUT2D eigenvalue weighted by Gasteiger charge is -2.39. The van der Waals surface area contributed by atoms with Crippen LogP contribution in [0.1, 0.15) is 13.3 Å².